The molecular weight excluding hydrogens is 206 g/mol. The van der Waals surface area contributed by atoms with Gasteiger partial charge in [0.2, 0.25) is 0 Å². The SMILES string of the molecule is CNC1CCCCC1Sc1ccoc1C. The van der Waals surface area contributed by atoms with Crippen LogP contribution in [-0.2, 0) is 0 Å². The van der Waals surface area contributed by atoms with E-state index in [1.165, 1.54) is 30.6 Å². The van der Waals surface area contributed by atoms with Gasteiger partial charge in [-0.1, -0.05) is 12.8 Å². The molecule has 0 radical (unpaired) electrons. The Bertz CT molecular complexity index is 310. The summed E-state index contributed by atoms with van der Waals surface area (Å²) in [5.41, 5.74) is 0. The van der Waals surface area contributed by atoms with Crippen LogP contribution in [0.5, 0.6) is 0 Å². The summed E-state index contributed by atoms with van der Waals surface area (Å²) in [5.74, 6) is 1.06. The van der Waals surface area contributed by atoms with Crippen LogP contribution < -0.4 is 5.32 Å². The minimum Gasteiger partial charge on any atom is -0.468 e. The van der Waals surface area contributed by atoms with E-state index in [1.807, 2.05) is 18.7 Å². The van der Waals surface area contributed by atoms with Crippen LogP contribution in [0.4, 0.5) is 0 Å². The van der Waals surface area contributed by atoms with Gasteiger partial charge in [0, 0.05) is 16.2 Å². The van der Waals surface area contributed by atoms with Gasteiger partial charge in [0.25, 0.3) is 0 Å². The molecule has 15 heavy (non-hydrogen) atoms. The summed E-state index contributed by atoms with van der Waals surface area (Å²) in [6.45, 7) is 2.04. The fourth-order valence-corrected chi connectivity index (χ4v) is 3.62. The number of hydrogen-bond acceptors (Lipinski definition) is 3. The normalized spacial score (nSPS) is 26.8. The molecule has 2 atom stereocenters. The summed E-state index contributed by atoms with van der Waals surface area (Å²) < 4.78 is 5.33. The van der Waals surface area contributed by atoms with Crippen LogP contribution in [0, 0.1) is 6.92 Å². The van der Waals surface area contributed by atoms with Crippen molar-refractivity contribution in [2.45, 2.75) is 48.8 Å². The third-order valence-corrected chi connectivity index (χ3v) is 4.71. The van der Waals surface area contributed by atoms with Crippen molar-refractivity contribution >= 4 is 11.8 Å². The lowest BCUT2D eigenvalue weighted by Crippen LogP contribution is -2.38. The van der Waals surface area contributed by atoms with E-state index in [9.17, 15) is 0 Å². The molecule has 2 rings (SSSR count). The van der Waals surface area contributed by atoms with Gasteiger partial charge in [0.05, 0.1) is 6.26 Å². The molecule has 1 saturated carbocycles. The molecule has 0 spiro atoms. The van der Waals surface area contributed by atoms with Crippen LogP contribution in [0.3, 0.4) is 0 Å². The lowest BCUT2D eigenvalue weighted by Gasteiger charge is -2.30. The fraction of sp³-hybridized carbons (Fsp3) is 0.667. The topological polar surface area (TPSA) is 25.2 Å². The maximum absolute atomic E-state index is 5.33. The largest absolute Gasteiger partial charge is 0.468 e. The zero-order valence-corrected chi connectivity index (χ0v) is 10.3. The molecule has 1 aliphatic rings. The lowest BCUT2D eigenvalue weighted by atomic mass is 9.95. The Balaban J connectivity index is 2.00. The van der Waals surface area contributed by atoms with Crippen LogP contribution in [-0.4, -0.2) is 18.3 Å². The standard InChI is InChI=1S/C12H19NOS/c1-9-11(7-8-14-9)15-12-6-4-3-5-10(12)13-2/h7-8,10,12-13H,3-6H2,1-2H3. The number of aryl methyl sites for hydroxylation is 1. The molecule has 0 saturated heterocycles. The molecule has 1 aromatic heterocycles. The van der Waals surface area contributed by atoms with Crippen molar-refractivity contribution in [3.8, 4) is 0 Å². The van der Waals surface area contributed by atoms with Gasteiger partial charge in [-0.05, 0) is 32.9 Å². The number of hydrogen-bond donors (Lipinski definition) is 1. The van der Waals surface area contributed by atoms with Gasteiger partial charge in [0.1, 0.15) is 5.76 Å². The molecule has 3 heteroatoms. The summed E-state index contributed by atoms with van der Waals surface area (Å²) in [4.78, 5) is 1.31. The highest BCUT2D eigenvalue weighted by molar-refractivity contribution is 8.00. The molecule has 1 heterocycles. The van der Waals surface area contributed by atoms with E-state index < -0.39 is 0 Å². The van der Waals surface area contributed by atoms with Crippen LogP contribution in [0.15, 0.2) is 21.6 Å². The average molecular weight is 225 g/mol. The Morgan fingerprint density at radius 3 is 2.87 bits per heavy atom. The van der Waals surface area contributed by atoms with Gasteiger partial charge in [-0.2, -0.15) is 0 Å². The van der Waals surface area contributed by atoms with Crippen LogP contribution in [0.25, 0.3) is 0 Å². The molecule has 0 aliphatic heterocycles. The average Bonchev–Trinajstić information content (AvgIpc) is 2.65. The monoisotopic (exact) mass is 225 g/mol. The first-order chi connectivity index (χ1) is 7.31. The third kappa shape index (κ3) is 2.58. The van der Waals surface area contributed by atoms with Gasteiger partial charge in [-0.15, -0.1) is 11.8 Å². The second-order valence-electron chi connectivity index (χ2n) is 4.18. The van der Waals surface area contributed by atoms with E-state index in [4.69, 9.17) is 4.42 Å². The van der Waals surface area contributed by atoms with Crippen molar-refractivity contribution in [1.29, 1.82) is 0 Å². The van der Waals surface area contributed by atoms with Crippen molar-refractivity contribution in [2.24, 2.45) is 0 Å². The number of nitrogens with one attached hydrogen (secondary N) is 1. The maximum Gasteiger partial charge on any atom is 0.114 e. The van der Waals surface area contributed by atoms with Crippen molar-refractivity contribution < 1.29 is 4.42 Å². The van der Waals surface area contributed by atoms with Crippen molar-refractivity contribution in [2.75, 3.05) is 7.05 Å². The Kier molecular flexibility index (Phi) is 3.76. The molecule has 1 aromatic rings. The smallest absolute Gasteiger partial charge is 0.114 e. The van der Waals surface area contributed by atoms with Gasteiger partial charge >= 0.3 is 0 Å². The van der Waals surface area contributed by atoms with Gasteiger partial charge < -0.3 is 9.73 Å². The second-order valence-corrected chi connectivity index (χ2v) is 5.46. The zero-order chi connectivity index (χ0) is 10.7. The molecule has 2 unspecified atom stereocenters. The summed E-state index contributed by atoms with van der Waals surface area (Å²) in [6, 6.07) is 2.75. The molecule has 1 fully saturated rings. The van der Waals surface area contributed by atoms with E-state index in [2.05, 4.69) is 18.4 Å². The molecule has 2 nitrogen and oxygen atoms in total. The summed E-state index contributed by atoms with van der Waals surface area (Å²) >= 11 is 1.97. The molecule has 0 bridgehead atoms. The van der Waals surface area contributed by atoms with Gasteiger partial charge in [-0.3, -0.25) is 0 Å². The molecule has 0 amide bonds. The molecule has 0 aromatic carbocycles. The first-order valence-electron chi connectivity index (χ1n) is 5.69. The van der Waals surface area contributed by atoms with Crippen molar-refractivity contribution in [3.05, 3.63) is 18.1 Å². The van der Waals surface area contributed by atoms with E-state index in [0.29, 0.717) is 11.3 Å². The minimum atomic E-state index is 0.665. The first-order valence-corrected chi connectivity index (χ1v) is 6.57. The quantitative estimate of drug-likeness (QED) is 0.855. The molecule has 1 N–H and O–H groups in total. The molecular formula is C12H19NOS. The second kappa shape index (κ2) is 5.08. The van der Waals surface area contributed by atoms with Crippen LogP contribution in [0.2, 0.25) is 0 Å². The predicted molar refractivity (Wildman–Crippen MR) is 64.4 cm³/mol. The summed E-state index contributed by atoms with van der Waals surface area (Å²) in [5, 5.41) is 4.14. The number of furan rings is 1. The lowest BCUT2D eigenvalue weighted by molar-refractivity contribution is 0.405. The Morgan fingerprint density at radius 1 is 1.40 bits per heavy atom. The molecule has 84 valence electrons. The van der Waals surface area contributed by atoms with Crippen LogP contribution >= 0.6 is 11.8 Å². The maximum atomic E-state index is 5.33. The van der Waals surface area contributed by atoms with Crippen molar-refractivity contribution in [1.82, 2.24) is 5.32 Å². The minimum absolute atomic E-state index is 0.665. The highest BCUT2D eigenvalue weighted by Crippen LogP contribution is 2.35. The van der Waals surface area contributed by atoms with E-state index in [1.54, 1.807) is 6.26 Å². The first kappa shape index (κ1) is 11.1. The van der Waals surface area contributed by atoms with E-state index in [-0.39, 0.29) is 0 Å². The highest BCUT2D eigenvalue weighted by atomic mass is 32.2. The molecule has 1 aliphatic carbocycles. The fourth-order valence-electron chi connectivity index (χ4n) is 2.23. The highest BCUT2D eigenvalue weighted by Gasteiger charge is 2.25. The van der Waals surface area contributed by atoms with Gasteiger partial charge in [0.15, 0.2) is 0 Å². The summed E-state index contributed by atoms with van der Waals surface area (Å²) in [6.07, 6.45) is 7.15. The van der Waals surface area contributed by atoms with E-state index >= 15 is 0 Å². The van der Waals surface area contributed by atoms with Gasteiger partial charge in [-0.25, -0.2) is 0 Å². The Hall–Kier alpha value is -0.410. The summed E-state index contributed by atoms with van der Waals surface area (Å²) in [7, 11) is 2.08. The van der Waals surface area contributed by atoms with E-state index in [0.717, 1.165) is 5.76 Å². The van der Waals surface area contributed by atoms with Crippen LogP contribution in [0.1, 0.15) is 31.4 Å². The van der Waals surface area contributed by atoms with Crippen molar-refractivity contribution in [3.63, 3.8) is 0 Å². The number of thioether (sulfide) groups is 1. The zero-order valence-electron chi connectivity index (χ0n) is 9.45. The third-order valence-electron chi connectivity index (χ3n) is 3.16. The predicted octanol–water partition coefficient (Wildman–Crippen LogP) is 3.21. The Morgan fingerprint density at radius 2 is 2.20 bits per heavy atom. The Labute approximate surface area is 95.8 Å². The number of rotatable bonds is 3.